The molecule has 0 saturated carbocycles. The molecule has 1 saturated heterocycles. The van der Waals surface area contributed by atoms with E-state index in [-0.39, 0.29) is 0 Å². The Hall–Kier alpha value is -1.07. The number of halogens is 1. The molecule has 1 N–H and O–H groups in total. The zero-order valence-electron chi connectivity index (χ0n) is 9.19. The van der Waals surface area contributed by atoms with Crippen LogP contribution < -0.4 is 4.74 Å². The van der Waals surface area contributed by atoms with Crippen molar-refractivity contribution in [2.24, 2.45) is 0 Å². The van der Waals surface area contributed by atoms with Crippen LogP contribution in [0.2, 0.25) is 0 Å². The van der Waals surface area contributed by atoms with Gasteiger partial charge in [0.2, 0.25) is 5.60 Å². The van der Waals surface area contributed by atoms with Crippen LogP contribution in [0.5, 0.6) is 5.75 Å². The summed E-state index contributed by atoms with van der Waals surface area (Å²) in [6, 6.07) is 7.20. The lowest BCUT2D eigenvalue weighted by atomic mass is 9.94. The Morgan fingerprint density at radius 1 is 1.41 bits per heavy atom. The van der Waals surface area contributed by atoms with Crippen LogP contribution >= 0.6 is 15.9 Å². The van der Waals surface area contributed by atoms with Gasteiger partial charge in [-0.2, -0.15) is 0 Å². The molecule has 4 nitrogen and oxygen atoms in total. The standard InChI is InChI=1S/C12H13BrO4/c13-9-2-1-3-10(8-9)17-12(11(14)15)4-6-16-7-5-12/h1-3,8H,4-7H2,(H,14,15). The molecule has 1 heterocycles. The number of carboxylic acid groups (broad SMARTS) is 1. The summed E-state index contributed by atoms with van der Waals surface area (Å²) in [7, 11) is 0. The van der Waals surface area contributed by atoms with E-state index in [9.17, 15) is 9.90 Å². The lowest BCUT2D eigenvalue weighted by Gasteiger charge is -2.33. The van der Waals surface area contributed by atoms with Gasteiger partial charge in [-0.05, 0) is 18.2 Å². The maximum Gasteiger partial charge on any atom is 0.348 e. The SMILES string of the molecule is O=C(O)C1(Oc2cccc(Br)c2)CCOCC1. The largest absolute Gasteiger partial charge is 0.478 e. The van der Waals surface area contributed by atoms with E-state index in [2.05, 4.69) is 15.9 Å². The van der Waals surface area contributed by atoms with Crippen molar-refractivity contribution in [1.82, 2.24) is 0 Å². The van der Waals surface area contributed by atoms with Gasteiger partial charge in [0.05, 0.1) is 13.2 Å². The maximum absolute atomic E-state index is 11.4. The average Bonchev–Trinajstić information content (AvgIpc) is 2.30. The van der Waals surface area contributed by atoms with Crippen LogP contribution in [0, 0.1) is 0 Å². The fourth-order valence-corrected chi connectivity index (χ4v) is 2.20. The zero-order valence-corrected chi connectivity index (χ0v) is 10.8. The van der Waals surface area contributed by atoms with Gasteiger partial charge in [-0.1, -0.05) is 22.0 Å². The van der Waals surface area contributed by atoms with Crippen LogP contribution in [0.3, 0.4) is 0 Å². The highest BCUT2D eigenvalue weighted by Crippen LogP contribution is 2.29. The Morgan fingerprint density at radius 2 is 2.12 bits per heavy atom. The summed E-state index contributed by atoms with van der Waals surface area (Å²) in [5.41, 5.74) is -1.15. The fraction of sp³-hybridized carbons (Fsp3) is 0.417. The van der Waals surface area contributed by atoms with Gasteiger partial charge in [0.25, 0.3) is 0 Å². The lowest BCUT2D eigenvalue weighted by Crippen LogP contribution is -2.49. The molecule has 1 aliphatic rings. The van der Waals surface area contributed by atoms with Crippen LogP contribution in [0.15, 0.2) is 28.7 Å². The van der Waals surface area contributed by atoms with E-state index in [1.54, 1.807) is 12.1 Å². The number of carboxylic acids is 1. The molecule has 1 aromatic rings. The third-order valence-electron chi connectivity index (χ3n) is 2.80. The van der Waals surface area contributed by atoms with Gasteiger partial charge in [-0.15, -0.1) is 0 Å². The molecule has 2 rings (SSSR count). The molecule has 5 heteroatoms. The summed E-state index contributed by atoms with van der Waals surface area (Å²) in [5, 5.41) is 9.33. The molecule has 0 amide bonds. The Balaban J connectivity index is 2.20. The predicted molar refractivity (Wildman–Crippen MR) is 65.2 cm³/mol. The fourth-order valence-electron chi connectivity index (χ4n) is 1.82. The summed E-state index contributed by atoms with van der Waals surface area (Å²) >= 11 is 3.33. The van der Waals surface area contributed by atoms with Crippen molar-refractivity contribution >= 4 is 21.9 Å². The van der Waals surface area contributed by atoms with Crippen LogP contribution in [0.1, 0.15) is 12.8 Å². The van der Waals surface area contributed by atoms with Gasteiger partial charge in [-0.3, -0.25) is 0 Å². The molecular formula is C12H13BrO4. The summed E-state index contributed by atoms with van der Waals surface area (Å²) in [4.78, 5) is 11.4. The van der Waals surface area contributed by atoms with Gasteiger partial charge in [0.15, 0.2) is 0 Å². The first-order chi connectivity index (χ1) is 8.12. The Labute approximate surface area is 108 Å². The Morgan fingerprint density at radius 3 is 2.71 bits per heavy atom. The van der Waals surface area contributed by atoms with Gasteiger partial charge in [0, 0.05) is 17.3 Å². The smallest absolute Gasteiger partial charge is 0.348 e. The predicted octanol–water partition coefficient (Wildman–Crippen LogP) is 2.46. The van der Waals surface area contributed by atoms with E-state index < -0.39 is 11.6 Å². The molecule has 1 fully saturated rings. The number of hydrogen-bond donors (Lipinski definition) is 1. The summed E-state index contributed by atoms with van der Waals surface area (Å²) in [6.07, 6.45) is 0.740. The molecule has 1 aromatic carbocycles. The molecule has 92 valence electrons. The highest BCUT2D eigenvalue weighted by Gasteiger charge is 2.42. The number of hydrogen-bond acceptors (Lipinski definition) is 3. The summed E-state index contributed by atoms with van der Waals surface area (Å²) in [5.74, 6) is -0.371. The normalized spacial score (nSPS) is 18.6. The second kappa shape index (κ2) is 5.06. The maximum atomic E-state index is 11.4. The first-order valence-electron chi connectivity index (χ1n) is 5.38. The molecule has 1 aliphatic heterocycles. The monoisotopic (exact) mass is 300 g/mol. The summed E-state index contributed by atoms with van der Waals surface area (Å²) in [6.45, 7) is 0.834. The van der Waals surface area contributed by atoms with Gasteiger partial charge >= 0.3 is 5.97 Å². The van der Waals surface area contributed by atoms with Crippen molar-refractivity contribution in [3.63, 3.8) is 0 Å². The minimum atomic E-state index is -1.15. The zero-order chi connectivity index (χ0) is 12.3. The van der Waals surface area contributed by atoms with Crippen molar-refractivity contribution < 1.29 is 19.4 Å². The van der Waals surface area contributed by atoms with Crippen molar-refractivity contribution in [3.05, 3.63) is 28.7 Å². The number of benzene rings is 1. The summed E-state index contributed by atoms with van der Waals surface area (Å²) < 4.78 is 11.7. The van der Waals surface area contributed by atoms with Gasteiger partial charge < -0.3 is 14.6 Å². The molecule has 17 heavy (non-hydrogen) atoms. The topological polar surface area (TPSA) is 55.8 Å². The van der Waals surface area contributed by atoms with Crippen molar-refractivity contribution in [1.29, 1.82) is 0 Å². The minimum Gasteiger partial charge on any atom is -0.478 e. The second-order valence-corrected chi connectivity index (χ2v) is 4.89. The van der Waals surface area contributed by atoms with E-state index in [0.717, 1.165) is 4.47 Å². The number of aliphatic carboxylic acids is 1. The van der Waals surface area contributed by atoms with Gasteiger partial charge in [0.1, 0.15) is 5.75 Å². The quantitative estimate of drug-likeness (QED) is 0.932. The molecule has 0 spiro atoms. The Bertz CT molecular complexity index is 413. The van der Waals surface area contributed by atoms with E-state index in [4.69, 9.17) is 9.47 Å². The van der Waals surface area contributed by atoms with Crippen LogP contribution in [-0.2, 0) is 9.53 Å². The number of ether oxygens (including phenoxy) is 2. The van der Waals surface area contributed by atoms with E-state index in [1.807, 2.05) is 12.1 Å². The third-order valence-corrected chi connectivity index (χ3v) is 3.29. The van der Waals surface area contributed by atoms with E-state index in [0.29, 0.717) is 31.8 Å². The van der Waals surface area contributed by atoms with Crippen LogP contribution in [-0.4, -0.2) is 29.9 Å². The van der Waals surface area contributed by atoms with Crippen molar-refractivity contribution in [2.75, 3.05) is 13.2 Å². The third kappa shape index (κ3) is 2.79. The first kappa shape index (κ1) is 12.4. The van der Waals surface area contributed by atoms with Crippen molar-refractivity contribution in [3.8, 4) is 5.75 Å². The molecule has 0 atom stereocenters. The molecule has 0 radical (unpaired) electrons. The first-order valence-corrected chi connectivity index (χ1v) is 6.17. The molecule has 0 bridgehead atoms. The van der Waals surface area contributed by atoms with E-state index in [1.165, 1.54) is 0 Å². The highest BCUT2D eigenvalue weighted by atomic mass is 79.9. The molecule has 0 aliphatic carbocycles. The minimum absolute atomic E-state index is 0.370. The lowest BCUT2D eigenvalue weighted by molar-refractivity contribution is -0.163. The average molecular weight is 301 g/mol. The Kier molecular flexibility index (Phi) is 3.69. The number of rotatable bonds is 3. The molecular weight excluding hydrogens is 288 g/mol. The number of carbonyl (C=O) groups is 1. The molecule has 0 unspecified atom stereocenters. The van der Waals surface area contributed by atoms with Crippen LogP contribution in [0.4, 0.5) is 0 Å². The van der Waals surface area contributed by atoms with Crippen LogP contribution in [0.25, 0.3) is 0 Å². The van der Waals surface area contributed by atoms with E-state index >= 15 is 0 Å². The molecule has 0 aromatic heterocycles. The van der Waals surface area contributed by atoms with Crippen molar-refractivity contribution in [2.45, 2.75) is 18.4 Å². The second-order valence-electron chi connectivity index (χ2n) is 3.97. The van der Waals surface area contributed by atoms with Gasteiger partial charge in [-0.25, -0.2) is 4.79 Å². The highest BCUT2D eigenvalue weighted by molar-refractivity contribution is 9.10.